The summed E-state index contributed by atoms with van der Waals surface area (Å²) in [6, 6.07) is 14.2. The molecule has 1 aliphatic carbocycles. The number of hydrogen-bond donors (Lipinski definition) is 2. The van der Waals surface area contributed by atoms with Crippen molar-refractivity contribution in [2.24, 2.45) is 5.73 Å². The van der Waals surface area contributed by atoms with Crippen LogP contribution in [0.25, 0.3) is 5.69 Å². The molecule has 5 rings (SSSR count). The highest BCUT2D eigenvalue weighted by Crippen LogP contribution is 2.33. The summed E-state index contributed by atoms with van der Waals surface area (Å²) >= 11 is 0. The van der Waals surface area contributed by atoms with E-state index in [1.165, 1.54) is 0 Å². The van der Waals surface area contributed by atoms with Gasteiger partial charge in [-0.3, -0.25) is 14.2 Å². The molecule has 1 saturated carbocycles. The molecular weight excluding hydrogens is 426 g/mol. The maximum Gasteiger partial charge on any atom is 0.298 e. The standard InChI is InChI=1S/C27H31N5O2/c1-18-8-9-21(26(33)30-22-10-11-22)16-24(18)32-14-12-29-25(27(32)34)31-13-3-2-7-23(31)20-6-4-5-19(15-20)17-28/h4-6,8-9,12,14-16,22-23H,2-3,7,10-11,13,17,28H2,1H3,(H,30,33). The first-order valence-corrected chi connectivity index (χ1v) is 12.1. The molecule has 1 aliphatic heterocycles. The lowest BCUT2D eigenvalue weighted by Crippen LogP contribution is -2.39. The first-order valence-electron chi connectivity index (χ1n) is 12.1. The van der Waals surface area contributed by atoms with Crippen LogP contribution in [0.4, 0.5) is 5.82 Å². The number of carbonyl (C=O) groups excluding carboxylic acids is 1. The van der Waals surface area contributed by atoms with Gasteiger partial charge in [0.1, 0.15) is 0 Å². The molecule has 1 saturated heterocycles. The highest BCUT2D eigenvalue weighted by molar-refractivity contribution is 5.95. The number of aryl methyl sites for hydroxylation is 1. The Morgan fingerprint density at radius 3 is 2.79 bits per heavy atom. The third kappa shape index (κ3) is 4.48. The second-order valence-corrected chi connectivity index (χ2v) is 9.33. The predicted octanol–water partition coefficient (Wildman–Crippen LogP) is 3.62. The van der Waals surface area contributed by atoms with Crippen LogP contribution in [0.15, 0.2) is 59.7 Å². The van der Waals surface area contributed by atoms with Crippen LogP contribution in [-0.4, -0.2) is 28.0 Å². The van der Waals surface area contributed by atoms with Crippen LogP contribution >= 0.6 is 0 Å². The Morgan fingerprint density at radius 1 is 1.15 bits per heavy atom. The van der Waals surface area contributed by atoms with Crippen LogP contribution in [0.3, 0.4) is 0 Å². The summed E-state index contributed by atoms with van der Waals surface area (Å²) < 4.78 is 1.62. The Hall–Kier alpha value is -3.45. The summed E-state index contributed by atoms with van der Waals surface area (Å²) in [5, 5.41) is 3.02. The van der Waals surface area contributed by atoms with Crippen molar-refractivity contribution in [3.05, 3.63) is 87.5 Å². The van der Waals surface area contributed by atoms with Gasteiger partial charge in [-0.25, -0.2) is 4.98 Å². The number of amides is 1. The predicted molar refractivity (Wildman–Crippen MR) is 133 cm³/mol. The van der Waals surface area contributed by atoms with Gasteiger partial charge in [-0.05, 0) is 67.9 Å². The quantitative estimate of drug-likeness (QED) is 0.590. The first-order chi connectivity index (χ1) is 16.5. The molecule has 1 amide bonds. The van der Waals surface area contributed by atoms with Gasteiger partial charge in [0.25, 0.3) is 11.5 Å². The Balaban J connectivity index is 1.52. The van der Waals surface area contributed by atoms with E-state index in [0.29, 0.717) is 23.6 Å². The van der Waals surface area contributed by atoms with E-state index in [9.17, 15) is 9.59 Å². The minimum absolute atomic E-state index is 0.0769. The van der Waals surface area contributed by atoms with Crippen LogP contribution in [0.1, 0.15) is 65.2 Å². The lowest BCUT2D eigenvalue weighted by molar-refractivity contribution is 0.0951. The Labute approximate surface area is 199 Å². The molecule has 1 atom stereocenters. The van der Waals surface area contributed by atoms with Gasteiger partial charge in [0.05, 0.1) is 11.7 Å². The molecule has 1 unspecified atom stereocenters. The van der Waals surface area contributed by atoms with Crippen molar-refractivity contribution in [1.29, 1.82) is 0 Å². The zero-order chi connectivity index (χ0) is 23.7. The van der Waals surface area contributed by atoms with Crippen LogP contribution in [-0.2, 0) is 6.54 Å². The molecular formula is C27H31N5O2. The second-order valence-electron chi connectivity index (χ2n) is 9.33. The smallest absolute Gasteiger partial charge is 0.298 e. The number of hydrogen-bond acceptors (Lipinski definition) is 5. The average Bonchev–Trinajstić information content (AvgIpc) is 3.69. The number of anilines is 1. The molecule has 7 heteroatoms. The van der Waals surface area contributed by atoms with Gasteiger partial charge in [-0.1, -0.05) is 30.3 Å². The molecule has 3 aromatic rings. The third-order valence-electron chi connectivity index (χ3n) is 6.81. The number of aromatic nitrogens is 2. The summed E-state index contributed by atoms with van der Waals surface area (Å²) in [5.41, 5.74) is 10.1. The van der Waals surface area contributed by atoms with Crippen molar-refractivity contribution in [2.45, 2.75) is 57.7 Å². The number of carbonyl (C=O) groups is 1. The zero-order valence-corrected chi connectivity index (χ0v) is 19.5. The molecule has 2 aromatic carbocycles. The van der Waals surface area contributed by atoms with Gasteiger partial charge < -0.3 is 16.0 Å². The van der Waals surface area contributed by atoms with Crippen LogP contribution in [0.5, 0.6) is 0 Å². The molecule has 7 nitrogen and oxygen atoms in total. The van der Waals surface area contributed by atoms with Gasteiger partial charge >= 0.3 is 0 Å². The summed E-state index contributed by atoms with van der Waals surface area (Å²) in [6.07, 6.45) is 8.50. The van der Waals surface area contributed by atoms with E-state index in [2.05, 4.69) is 27.3 Å². The van der Waals surface area contributed by atoms with Gasteiger partial charge in [-0.15, -0.1) is 0 Å². The van der Waals surface area contributed by atoms with Crippen molar-refractivity contribution >= 4 is 11.7 Å². The van der Waals surface area contributed by atoms with E-state index in [1.807, 2.05) is 31.2 Å². The molecule has 3 N–H and O–H groups in total. The summed E-state index contributed by atoms with van der Waals surface area (Å²) in [5.74, 6) is 0.347. The van der Waals surface area contributed by atoms with E-state index in [4.69, 9.17) is 5.73 Å². The number of nitrogens with zero attached hydrogens (tertiary/aromatic N) is 3. The normalized spacial score (nSPS) is 18.1. The van der Waals surface area contributed by atoms with E-state index >= 15 is 0 Å². The zero-order valence-electron chi connectivity index (χ0n) is 19.5. The molecule has 0 spiro atoms. The maximum absolute atomic E-state index is 13.7. The van der Waals surface area contributed by atoms with E-state index in [-0.39, 0.29) is 23.6 Å². The molecule has 0 bridgehead atoms. The van der Waals surface area contributed by atoms with Crippen molar-refractivity contribution in [3.8, 4) is 5.69 Å². The van der Waals surface area contributed by atoms with Crippen molar-refractivity contribution in [1.82, 2.24) is 14.9 Å². The van der Waals surface area contributed by atoms with E-state index < -0.39 is 0 Å². The molecule has 2 fully saturated rings. The lowest BCUT2D eigenvalue weighted by atomic mass is 9.94. The van der Waals surface area contributed by atoms with Crippen molar-refractivity contribution in [3.63, 3.8) is 0 Å². The summed E-state index contributed by atoms with van der Waals surface area (Å²) in [4.78, 5) is 33.0. The molecule has 1 aromatic heterocycles. The van der Waals surface area contributed by atoms with E-state index in [1.54, 1.807) is 23.0 Å². The molecule has 34 heavy (non-hydrogen) atoms. The number of nitrogens with one attached hydrogen (secondary N) is 1. The number of benzene rings is 2. The fourth-order valence-corrected chi connectivity index (χ4v) is 4.75. The Kier molecular flexibility index (Phi) is 6.20. The van der Waals surface area contributed by atoms with Gasteiger partial charge in [0.15, 0.2) is 5.82 Å². The Bertz CT molecular complexity index is 1260. The number of rotatable bonds is 6. The molecule has 176 valence electrons. The minimum Gasteiger partial charge on any atom is -0.349 e. The van der Waals surface area contributed by atoms with Gasteiger partial charge in [-0.2, -0.15) is 0 Å². The summed E-state index contributed by atoms with van der Waals surface area (Å²) in [7, 11) is 0. The van der Waals surface area contributed by atoms with Crippen molar-refractivity contribution in [2.75, 3.05) is 11.4 Å². The van der Waals surface area contributed by atoms with Gasteiger partial charge in [0.2, 0.25) is 0 Å². The van der Waals surface area contributed by atoms with Crippen LogP contribution in [0.2, 0.25) is 0 Å². The van der Waals surface area contributed by atoms with Crippen molar-refractivity contribution < 1.29 is 4.79 Å². The average molecular weight is 458 g/mol. The lowest BCUT2D eigenvalue weighted by Gasteiger charge is -2.36. The van der Waals surface area contributed by atoms with Gasteiger partial charge in [0, 0.05) is 37.1 Å². The van der Waals surface area contributed by atoms with E-state index in [0.717, 1.165) is 55.3 Å². The van der Waals surface area contributed by atoms with Crippen LogP contribution < -0.4 is 21.5 Å². The monoisotopic (exact) mass is 457 g/mol. The largest absolute Gasteiger partial charge is 0.349 e. The first kappa shape index (κ1) is 22.3. The molecule has 2 heterocycles. The molecule has 2 aliphatic rings. The summed E-state index contributed by atoms with van der Waals surface area (Å²) in [6.45, 7) is 3.21. The fourth-order valence-electron chi connectivity index (χ4n) is 4.75. The fraction of sp³-hybridized carbons (Fsp3) is 0.370. The SMILES string of the molecule is Cc1ccc(C(=O)NC2CC2)cc1-n1ccnc(N2CCCCC2c2cccc(CN)c2)c1=O. The topological polar surface area (TPSA) is 93.2 Å². The van der Waals surface area contributed by atoms with Crippen LogP contribution in [0, 0.1) is 6.92 Å². The third-order valence-corrected chi connectivity index (χ3v) is 6.81. The Morgan fingerprint density at radius 2 is 2.00 bits per heavy atom. The highest BCUT2D eigenvalue weighted by atomic mass is 16.2. The highest BCUT2D eigenvalue weighted by Gasteiger charge is 2.28. The maximum atomic E-state index is 13.7. The number of nitrogens with two attached hydrogens (primary N) is 1. The number of piperidine rings is 1. The minimum atomic E-state index is -0.174. The molecule has 0 radical (unpaired) electrons. The second kappa shape index (κ2) is 9.43.